The molecule has 0 amide bonds. The van der Waals surface area contributed by atoms with Gasteiger partial charge >= 0.3 is 0 Å². The van der Waals surface area contributed by atoms with Crippen molar-refractivity contribution in [2.75, 3.05) is 0 Å². The Morgan fingerprint density at radius 2 is 2.00 bits per heavy atom. The third-order valence-electron chi connectivity index (χ3n) is 4.00. The Morgan fingerprint density at radius 1 is 1.27 bits per heavy atom. The molecule has 0 aliphatic rings. The van der Waals surface area contributed by atoms with E-state index in [0.717, 1.165) is 33.5 Å². The standard InChI is InChI=1S/C17H18N2OS2/c1-5-12-11(4)22-15-14(12)16(20)19(17(21)18-15)13-7-6-9(2)8-10(13)3/h6-8H,5H2,1-4H3,(H,18,21). The first-order valence-electron chi connectivity index (χ1n) is 7.29. The lowest BCUT2D eigenvalue weighted by Gasteiger charge is -2.11. The minimum absolute atomic E-state index is 0.0214. The van der Waals surface area contributed by atoms with Crippen LogP contribution >= 0.6 is 23.6 Å². The molecule has 0 radical (unpaired) electrons. The van der Waals surface area contributed by atoms with Gasteiger partial charge < -0.3 is 4.98 Å². The average molecular weight is 330 g/mol. The van der Waals surface area contributed by atoms with E-state index in [0.29, 0.717) is 4.77 Å². The summed E-state index contributed by atoms with van der Waals surface area (Å²) in [5, 5.41) is 0.776. The number of hydrogen-bond acceptors (Lipinski definition) is 3. The molecule has 22 heavy (non-hydrogen) atoms. The highest BCUT2D eigenvalue weighted by atomic mass is 32.1. The molecule has 2 aromatic heterocycles. The first-order valence-corrected chi connectivity index (χ1v) is 8.51. The Balaban J connectivity index is 2.45. The summed E-state index contributed by atoms with van der Waals surface area (Å²) < 4.78 is 2.07. The lowest BCUT2D eigenvalue weighted by Crippen LogP contribution is -2.21. The van der Waals surface area contributed by atoms with Crippen LogP contribution in [-0.4, -0.2) is 9.55 Å². The molecule has 3 aromatic rings. The lowest BCUT2D eigenvalue weighted by atomic mass is 10.1. The van der Waals surface area contributed by atoms with Crippen molar-refractivity contribution in [3.05, 3.63) is 54.9 Å². The molecule has 0 saturated heterocycles. The maximum atomic E-state index is 13.1. The molecule has 5 heteroatoms. The number of aryl methyl sites for hydroxylation is 4. The van der Waals surface area contributed by atoms with E-state index >= 15 is 0 Å². The number of H-pyrrole nitrogens is 1. The molecule has 3 nitrogen and oxygen atoms in total. The number of thiophene rings is 1. The second-order valence-electron chi connectivity index (χ2n) is 5.56. The molecule has 0 bridgehead atoms. The molecule has 0 saturated carbocycles. The first kappa shape index (κ1) is 15.2. The summed E-state index contributed by atoms with van der Waals surface area (Å²) in [4.78, 5) is 18.4. The van der Waals surface area contributed by atoms with Crippen molar-refractivity contribution in [1.82, 2.24) is 9.55 Å². The van der Waals surface area contributed by atoms with Crippen molar-refractivity contribution >= 4 is 33.8 Å². The number of benzene rings is 1. The fourth-order valence-electron chi connectivity index (χ4n) is 2.95. The number of nitrogens with zero attached hydrogens (tertiary/aromatic N) is 1. The summed E-state index contributed by atoms with van der Waals surface area (Å²) in [6.07, 6.45) is 0.846. The summed E-state index contributed by atoms with van der Waals surface area (Å²) >= 11 is 7.05. The van der Waals surface area contributed by atoms with E-state index in [-0.39, 0.29) is 5.56 Å². The molecule has 0 atom stereocenters. The van der Waals surface area contributed by atoms with Gasteiger partial charge in [-0.25, -0.2) is 0 Å². The zero-order valence-electron chi connectivity index (χ0n) is 13.1. The zero-order chi connectivity index (χ0) is 16.0. The molecular formula is C17H18N2OS2. The van der Waals surface area contributed by atoms with Gasteiger partial charge in [0.05, 0.1) is 11.1 Å². The van der Waals surface area contributed by atoms with Crippen LogP contribution in [0.25, 0.3) is 15.9 Å². The van der Waals surface area contributed by atoms with E-state index < -0.39 is 0 Å². The number of nitrogens with one attached hydrogen (secondary N) is 1. The van der Waals surface area contributed by atoms with Gasteiger partial charge in [0.25, 0.3) is 5.56 Å². The van der Waals surface area contributed by atoms with Gasteiger partial charge in [0.15, 0.2) is 4.77 Å². The normalized spacial score (nSPS) is 11.3. The molecule has 0 spiro atoms. The van der Waals surface area contributed by atoms with Gasteiger partial charge in [-0.1, -0.05) is 24.6 Å². The second-order valence-corrected chi connectivity index (χ2v) is 7.17. The Hall–Kier alpha value is -1.72. The Bertz CT molecular complexity index is 992. The van der Waals surface area contributed by atoms with E-state index in [4.69, 9.17) is 12.2 Å². The Labute approximate surface area is 138 Å². The highest BCUT2D eigenvalue weighted by Gasteiger charge is 2.16. The van der Waals surface area contributed by atoms with E-state index in [1.807, 2.05) is 26.0 Å². The molecule has 0 aliphatic carbocycles. The molecule has 1 N–H and O–H groups in total. The third kappa shape index (κ3) is 2.25. The maximum Gasteiger partial charge on any atom is 0.267 e. The Morgan fingerprint density at radius 3 is 2.64 bits per heavy atom. The van der Waals surface area contributed by atoms with Crippen LogP contribution in [0.1, 0.15) is 28.5 Å². The number of hydrogen-bond donors (Lipinski definition) is 1. The predicted molar refractivity (Wildman–Crippen MR) is 96.2 cm³/mol. The van der Waals surface area contributed by atoms with Gasteiger partial charge in [-0.15, -0.1) is 11.3 Å². The summed E-state index contributed by atoms with van der Waals surface area (Å²) in [5.74, 6) is 0. The molecule has 0 unspecified atom stereocenters. The summed E-state index contributed by atoms with van der Waals surface area (Å²) in [6.45, 7) is 8.19. The summed E-state index contributed by atoms with van der Waals surface area (Å²) in [6, 6.07) is 6.04. The zero-order valence-corrected chi connectivity index (χ0v) is 14.7. The highest BCUT2D eigenvalue weighted by molar-refractivity contribution is 7.71. The number of aromatic amines is 1. The van der Waals surface area contributed by atoms with Crippen molar-refractivity contribution in [2.45, 2.75) is 34.1 Å². The van der Waals surface area contributed by atoms with Crippen molar-refractivity contribution < 1.29 is 0 Å². The van der Waals surface area contributed by atoms with E-state index in [1.165, 1.54) is 10.4 Å². The molecule has 3 rings (SSSR count). The largest absolute Gasteiger partial charge is 0.323 e. The van der Waals surface area contributed by atoms with Crippen LogP contribution in [0.3, 0.4) is 0 Å². The Kier molecular flexibility index (Phi) is 3.78. The van der Waals surface area contributed by atoms with E-state index in [9.17, 15) is 4.79 Å². The van der Waals surface area contributed by atoms with Crippen LogP contribution in [0.15, 0.2) is 23.0 Å². The lowest BCUT2D eigenvalue weighted by molar-refractivity contribution is 0.929. The van der Waals surface area contributed by atoms with Crippen molar-refractivity contribution in [3.8, 4) is 5.69 Å². The van der Waals surface area contributed by atoms with Crippen LogP contribution in [0.5, 0.6) is 0 Å². The van der Waals surface area contributed by atoms with Crippen LogP contribution in [0.4, 0.5) is 0 Å². The summed E-state index contributed by atoms with van der Waals surface area (Å²) in [5.41, 5.74) is 4.17. The van der Waals surface area contributed by atoms with Gasteiger partial charge in [-0.3, -0.25) is 9.36 Å². The van der Waals surface area contributed by atoms with Crippen LogP contribution in [0.2, 0.25) is 0 Å². The fraction of sp³-hybridized carbons (Fsp3) is 0.294. The molecule has 114 valence electrons. The van der Waals surface area contributed by atoms with Crippen LogP contribution in [0, 0.1) is 25.5 Å². The fourth-order valence-corrected chi connectivity index (χ4v) is 4.43. The van der Waals surface area contributed by atoms with Crippen LogP contribution < -0.4 is 5.56 Å². The number of rotatable bonds is 2. The van der Waals surface area contributed by atoms with Crippen molar-refractivity contribution in [1.29, 1.82) is 0 Å². The molecular weight excluding hydrogens is 312 g/mol. The SMILES string of the molecule is CCc1c(C)sc2[nH]c(=S)n(-c3ccc(C)cc3C)c(=O)c12. The van der Waals surface area contributed by atoms with Gasteiger partial charge in [-0.2, -0.15) is 0 Å². The highest BCUT2D eigenvalue weighted by Crippen LogP contribution is 2.28. The maximum absolute atomic E-state index is 13.1. The smallest absolute Gasteiger partial charge is 0.267 e. The number of aromatic nitrogens is 2. The van der Waals surface area contributed by atoms with Crippen LogP contribution in [-0.2, 0) is 6.42 Å². The molecule has 0 aliphatic heterocycles. The van der Waals surface area contributed by atoms with Crippen molar-refractivity contribution in [2.24, 2.45) is 0 Å². The van der Waals surface area contributed by atoms with E-state index in [1.54, 1.807) is 15.9 Å². The topological polar surface area (TPSA) is 37.8 Å². The quantitative estimate of drug-likeness (QED) is 0.697. The predicted octanol–water partition coefficient (Wildman–Crippen LogP) is 4.60. The summed E-state index contributed by atoms with van der Waals surface area (Å²) in [7, 11) is 0. The minimum Gasteiger partial charge on any atom is -0.323 e. The molecule has 2 heterocycles. The van der Waals surface area contributed by atoms with Crippen molar-refractivity contribution in [3.63, 3.8) is 0 Å². The third-order valence-corrected chi connectivity index (χ3v) is 5.34. The minimum atomic E-state index is -0.0214. The monoisotopic (exact) mass is 330 g/mol. The first-order chi connectivity index (χ1) is 10.4. The van der Waals surface area contributed by atoms with Gasteiger partial charge in [0.2, 0.25) is 0 Å². The van der Waals surface area contributed by atoms with Gasteiger partial charge in [0.1, 0.15) is 4.83 Å². The van der Waals surface area contributed by atoms with Gasteiger partial charge in [0, 0.05) is 4.88 Å². The number of fused-ring (bicyclic) bond motifs is 1. The van der Waals surface area contributed by atoms with E-state index in [2.05, 4.69) is 24.9 Å². The second kappa shape index (κ2) is 5.48. The molecule has 1 aromatic carbocycles. The van der Waals surface area contributed by atoms with Gasteiger partial charge in [-0.05, 0) is 56.6 Å². The molecule has 0 fully saturated rings. The average Bonchev–Trinajstić information content (AvgIpc) is 2.76.